The molecule has 35 heavy (non-hydrogen) atoms. The third kappa shape index (κ3) is 5.55. The summed E-state index contributed by atoms with van der Waals surface area (Å²) in [6, 6.07) is 21.3. The van der Waals surface area contributed by atoms with Crippen molar-refractivity contribution in [2.45, 2.75) is 6.54 Å². The average molecular weight is 475 g/mol. The van der Waals surface area contributed by atoms with Crippen LogP contribution in [-0.2, 0) is 6.54 Å². The Morgan fingerprint density at radius 2 is 1.66 bits per heavy atom. The second-order valence-corrected chi connectivity index (χ2v) is 8.05. The number of aliphatic hydroxyl groups excluding tert-OH is 2. The molecule has 0 unspecified atom stereocenters. The SMILES string of the molecule is O=[N+]([O-])c1ccc2[nH]c(O)c(C(=Nc3ccc(CN(CCO)CCO)cc3)c3ccccc3)c2c1. The number of aromatic amines is 1. The van der Waals surface area contributed by atoms with Gasteiger partial charge in [0.1, 0.15) is 0 Å². The minimum Gasteiger partial charge on any atom is -0.494 e. The van der Waals surface area contributed by atoms with Crippen LogP contribution in [0.2, 0.25) is 0 Å². The highest BCUT2D eigenvalue weighted by atomic mass is 16.6. The quantitative estimate of drug-likeness (QED) is 0.157. The zero-order chi connectivity index (χ0) is 24.8. The Balaban J connectivity index is 1.76. The highest BCUT2D eigenvalue weighted by Crippen LogP contribution is 2.33. The molecule has 4 N–H and O–H groups in total. The van der Waals surface area contributed by atoms with Crippen molar-refractivity contribution >= 4 is 28.0 Å². The van der Waals surface area contributed by atoms with Gasteiger partial charge in [0.25, 0.3) is 5.69 Å². The summed E-state index contributed by atoms with van der Waals surface area (Å²) in [5, 5.41) is 41.1. The molecule has 0 aliphatic heterocycles. The fraction of sp³-hybridized carbons (Fsp3) is 0.192. The van der Waals surface area contributed by atoms with Gasteiger partial charge in [0, 0.05) is 48.2 Å². The third-order valence-electron chi connectivity index (χ3n) is 5.67. The van der Waals surface area contributed by atoms with Gasteiger partial charge in [-0.2, -0.15) is 0 Å². The van der Waals surface area contributed by atoms with Crippen LogP contribution in [0.1, 0.15) is 16.7 Å². The van der Waals surface area contributed by atoms with Crippen LogP contribution in [0, 0.1) is 10.1 Å². The molecule has 0 spiro atoms. The summed E-state index contributed by atoms with van der Waals surface area (Å²) in [5.74, 6) is -0.122. The minimum atomic E-state index is -0.470. The summed E-state index contributed by atoms with van der Waals surface area (Å²) in [6.07, 6.45) is 0. The number of aliphatic imine (C=N–C) groups is 1. The van der Waals surface area contributed by atoms with Gasteiger partial charge in [0.2, 0.25) is 0 Å². The zero-order valence-corrected chi connectivity index (χ0v) is 19.0. The molecule has 4 rings (SSSR count). The maximum absolute atomic E-state index is 11.4. The summed E-state index contributed by atoms with van der Waals surface area (Å²) in [4.78, 5) is 20.5. The van der Waals surface area contributed by atoms with Crippen LogP contribution >= 0.6 is 0 Å². The number of H-pyrrole nitrogens is 1. The fourth-order valence-corrected chi connectivity index (χ4v) is 4.00. The van der Waals surface area contributed by atoms with Crippen LogP contribution in [0.4, 0.5) is 11.4 Å². The van der Waals surface area contributed by atoms with Crippen molar-refractivity contribution in [3.63, 3.8) is 0 Å². The number of nitro benzene ring substituents is 1. The number of hydrogen-bond acceptors (Lipinski definition) is 7. The highest BCUT2D eigenvalue weighted by Gasteiger charge is 2.21. The molecule has 0 saturated carbocycles. The number of hydrogen-bond donors (Lipinski definition) is 4. The molecule has 180 valence electrons. The van der Waals surface area contributed by atoms with E-state index >= 15 is 0 Å². The normalized spacial score (nSPS) is 11.9. The van der Waals surface area contributed by atoms with E-state index in [1.54, 1.807) is 6.07 Å². The number of nitrogens with one attached hydrogen (secondary N) is 1. The first kappa shape index (κ1) is 24.1. The molecule has 9 heteroatoms. The second-order valence-electron chi connectivity index (χ2n) is 8.05. The van der Waals surface area contributed by atoms with Gasteiger partial charge in [-0.15, -0.1) is 0 Å². The molecule has 0 aliphatic rings. The largest absolute Gasteiger partial charge is 0.494 e. The molecule has 0 aliphatic carbocycles. The average Bonchev–Trinajstić information content (AvgIpc) is 3.19. The zero-order valence-electron chi connectivity index (χ0n) is 19.0. The molecule has 0 atom stereocenters. The minimum absolute atomic E-state index is 0.00902. The molecule has 1 aromatic heterocycles. The molecule has 4 aromatic rings. The van der Waals surface area contributed by atoms with Gasteiger partial charge in [0.15, 0.2) is 5.88 Å². The van der Waals surface area contributed by atoms with Crippen LogP contribution in [-0.4, -0.2) is 62.1 Å². The molecule has 0 fully saturated rings. The first-order valence-electron chi connectivity index (χ1n) is 11.2. The maximum atomic E-state index is 11.4. The lowest BCUT2D eigenvalue weighted by molar-refractivity contribution is -0.384. The lowest BCUT2D eigenvalue weighted by Gasteiger charge is -2.20. The number of benzene rings is 3. The predicted octanol–water partition coefficient (Wildman–Crippen LogP) is 3.74. The van der Waals surface area contributed by atoms with E-state index in [-0.39, 0.29) is 24.8 Å². The van der Waals surface area contributed by atoms with Gasteiger partial charge >= 0.3 is 0 Å². The third-order valence-corrected chi connectivity index (χ3v) is 5.67. The molecular formula is C26H26N4O5. The summed E-state index contributed by atoms with van der Waals surface area (Å²) in [7, 11) is 0. The van der Waals surface area contributed by atoms with Crippen molar-refractivity contribution in [2.24, 2.45) is 4.99 Å². The molecule has 0 saturated heterocycles. The van der Waals surface area contributed by atoms with Crippen molar-refractivity contribution < 1.29 is 20.2 Å². The summed E-state index contributed by atoms with van der Waals surface area (Å²) < 4.78 is 0. The van der Waals surface area contributed by atoms with Gasteiger partial charge in [-0.25, -0.2) is 4.99 Å². The van der Waals surface area contributed by atoms with Crippen LogP contribution < -0.4 is 0 Å². The predicted molar refractivity (Wildman–Crippen MR) is 134 cm³/mol. The number of nitrogens with zero attached hydrogens (tertiary/aromatic N) is 3. The summed E-state index contributed by atoms with van der Waals surface area (Å²) in [5.41, 5.74) is 3.73. The number of rotatable bonds is 10. The number of aromatic hydroxyl groups is 1. The Kier molecular flexibility index (Phi) is 7.51. The Morgan fingerprint density at radius 1 is 0.971 bits per heavy atom. The van der Waals surface area contributed by atoms with Crippen molar-refractivity contribution in [3.05, 3.63) is 99.6 Å². The van der Waals surface area contributed by atoms with Gasteiger partial charge in [-0.1, -0.05) is 42.5 Å². The lowest BCUT2D eigenvalue weighted by atomic mass is 10.0. The number of nitro groups is 1. The van der Waals surface area contributed by atoms with E-state index in [1.165, 1.54) is 12.1 Å². The monoisotopic (exact) mass is 474 g/mol. The van der Waals surface area contributed by atoms with Gasteiger partial charge in [-0.05, 0) is 23.8 Å². The van der Waals surface area contributed by atoms with E-state index in [0.29, 0.717) is 47.5 Å². The Hall–Kier alpha value is -4.05. The van der Waals surface area contributed by atoms with E-state index in [4.69, 9.17) is 4.99 Å². The fourth-order valence-electron chi connectivity index (χ4n) is 4.00. The number of non-ortho nitro benzene ring substituents is 1. The van der Waals surface area contributed by atoms with Crippen molar-refractivity contribution in [1.82, 2.24) is 9.88 Å². The molecule has 0 amide bonds. The Morgan fingerprint density at radius 3 is 2.29 bits per heavy atom. The van der Waals surface area contributed by atoms with Crippen molar-refractivity contribution in [1.29, 1.82) is 0 Å². The van der Waals surface area contributed by atoms with Gasteiger partial charge < -0.3 is 20.3 Å². The molecule has 0 bridgehead atoms. The number of fused-ring (bicyclic) bond motifs is 1. The van der Waals surface area contributed by atoms with E-state index in [0.717, 1.165) is 11.1 Å². The number of aromatic nitrogens is 1. The van der Waals surface area contributed by atoms with Gasteiger partial charge in [-0.3, -0.25) is 15.0 Å². The molecule has 0 radical (unpaired) electrons. The van der Waals surface area contributed by atoms with Crippen molar-refractivity contribution in [3.8, 4) is 5.88 Å². The van der Waals surface area contributed by atoms with Crippen LogP contribution in [0.5, 0.6) is 5.88 Å². The second kappa shape index (κ2) is 10.9. The first-order chi connectivity index (χ1) is 17.0. The van der Waals surface area contributed by atoms with E-state index in [2.05, 4.69) is 4.98 Å². The van der Waals surface area contributed by atoms with Gasteiger partial charge in [0.05, 0.1) is 35.1 Å². The molecular weight excluding hydrogens is 448 g/mol. The van der Waals surface area contributed by atoms with Crippen LogP contribution in [0.3, 0.4) is 0 Å². The van der Waals surface area contributed by atoms with E-state index in [9.17, 15) is 25.4 Å². The van der Waals surface area contributed by atoms with E-state index < -0.39 is 4.92 Å². The first-order valence-corrected chi connectivity index (χ1v) is 11.2. The molecule has 3 aromatic carbocycles. The summed E-state index contributed by atoms with van der Waals surface area (Å²) in [6.45, 7) is 1.52. The molecule has 1 heterocycles. The lowest BCUT2D eigenvalue weighted by Crippen LogP contribution is -2.29. The standard InChI is InChI=1S/C26H26N4O5/c31-14-12-29(13-15-32)17-18-6-8-20(9-7-18)27-25(19-4-2-1-3-5-19)24-22-16-21(30(34)35)10-11-23(22)28-26(24)33/h1-11,16,28,31-33H,12-15,17H2. The maximum Gasteiger partial charge on any atom is 0.270 e. The Bertz CT molecular complexity index is 1330. The smallest absolute Gasteiger partial charge is 0.270 e. The highest BCUT2D eigenvalue weighted by molar-refractivity contribution is 6.22. The number of aliphatic hydroxyl groups is 2. The Labute approximate surface area is 201 Å². The van der Waals surface area contributed by atoms with Crippen molar-refractivity contribution in [2.75, 3.05) is 26.3 Å². The summed E-state index contributed by atoms with van der Waals surface area (Å²) >= 11 is 0. The van der Waals surface area contributed by atoms with Crippen LogP contribution in [0.15, 0.2) is 77.8 Å². The van der Waals surface area contributed by atoms with E-state index in [1.807, 2.05) is 59.5 Å². The van der Waals surface area contributed by atoms with Crippen LogP contribution in [0.25, 0.3) is 10.9 Å². The topological polar surface area (TPSA) is 135 Å². The molecule has 9 nitrogen and oxygen atoms in total.